The Labute approximate surface area is 190 Å². The van der Waals surface area contributed by atoms with Gasteiger partial charge in [-0.05, 0) is 50.3 Å². The average Bonchev–Trinajstić information content (AvgIpc) is 3.27. The number of fused-ring (bicyclic) bond motifs is 2. The first-order valence-electron chi connectivity index (χ1n) is 11.1. The molecule has 1 aliphatic rings. The van der Waals surface area contributed by atoms with Gasteiger partial charge in [0, 0.05) is 29.2 Å². The maximum atomic E-state index is 13.3. The van der Waals surface area contributed by atoms with Crippen LogP contribution in [-0.4, -0.2) is 26.1 Å². The van der Waals surface area contributed by atoms with Gasteiger partial charge in [0.25, 0.3) is 5.56 Å². The second kappa shape index (κ2) is 9.17. The fourth-order valence-corrected chi connectivity index (χ4v) is 5.26. The molecule has 32 heavy (non-hydrogen) atoms. The van der Waals surface area contributed by atoms with Crippen LogP contribution >= 0.6 is 11.8 Å². The lowest BCUT2D eigenvalue weighted by Crippen LogP contribution is -2.24. The third-order valence-electron chi connectivity index (χ3n) is 6.09. The van der Waals surface area contributed by atoms with Crippen LogP contribution in [0.15, 0.2) is 76.3 Å². The molecule has 0 saturated carbocycles. The van der Waals surface area contributed by atoms with Gasteiger partial charge < -0.3 is 4.98 Å². The number of hydrogen-bond acceptors (Lipinski definition) is 4. The number of allylic oxidation sites excluding steroid dienone is 2. The van der Waals surface area contributed by atoms with E-state index in [9.17, 15) is 9.59 Å². The quantitative estimate of drug-likeness (QED) is 0.171. The molecule has 1 aliphatic carbocycles. The van der Waals surface area contributed by atoms with Gasteiger partial charge in [0.15, 0.2) is 10.9 Å². The number of ketones is 1. The Morgan fingerprint density at radius 3 is 2.72 bits per heavy atom. The molecular formula is C26H25N3O2S. The Morgan fingerprint density at radius 2 is 1.88 bits per heavy atom. The summed E-state index contributed by atoms with van der Waals surface area (Å²) in [4.78, 5) is 34.2. The zero-order valence-corrected chi connectivity index (χ0v) is 18.7. The Hall–Kier alpha value is -3.12. The van der Waals surface area contributed by atoms with Crippen molar-refractivity contribution >= 4 is 39.4 Å². The molecule has 2 aromatic heterocycles. The monoisotopic (exact) mass is 443 g/mol. The van der Waals surface area contributed by atoms with Crippen molar-refractivity contribution in [1.82, 2.24) is 14.5 Å². The lowest BCUT2D eigenvalue weighted by atomic mass is 9.97. The Bertz CT molecular complexity index is 1380. The largest absolute Gasteiger partial charge is 0.360 e. The van der Waals surface area contributed by atoms with Gasteiger partial charge in [-0.2, -0.15) is 0 Å². The van der Waals surface area contributed by atoms with E-state index in [4.69, 9.17) is 4.98 Å². The van der Waals surface area contributed by atoms with Crippen LogP contribution in [-0.2, 0) is 6.54 Å². The van der Waals surface area contributed by atoms with E-state index < -0.39 is 0 Å². The van der Waals surface area contributed by atoms with Gasteiger partial charge in [-0.15, -0.1) is 0 Å². The maximum absolute atomic E-state index is 13.3. The zero-order valence-electron chi connectivity index (χ0n) is 17.8. The lowest BCUT2D eigenvalue weighted by molar-refractivity contribution is 0.102. The van der Waals surface area contributed by atoms with E-state index in [1.807, 2.05) is 48.5 Å². The van der Waals surface area contributed by atoms with Crippen LogP contribution in [0.4, 0.5) is 0 Å². The second-order valence-electron chi connectivity index (χ2n) is 8.19. The first kappa shape index (κ1) is 20.8. The van der Waals surface area contributed by atoms with Crippen molar-refractivity contribution in [2.75, 3.05) is 5.75 Å². The zero-order chi connectivity index (χ0) is 21.9. The van der Waals surface area contributed by atoms with Crippen LogP contribution in [0.3, 0.4) is 0 Å². The molecule has 0 radical (unpaired) electrons. The number of carbonyl (C=O) groups excluding carboxylic acids is 1. The summed E-state index contributed by atoms with van der Waals surface area (Å²) >= 11 is 1.35. The van der Waals surface area contributed by atoms with Crippen molar-refractivity contribution < 1.29 is 4.79 Å². The smallest absolute Gasteiger partial charge is 0.262 e. The first-order valence-corrected chi connectivity index (χ1v) is 12.1. The molecule has 0 amide bonds. The van der Waals surface area contributed by atoms with E-state index >= 15 is 0 Å². The van der Waals surface area contributed by atoms with Crippen molar-refractivity contribution in [3.63, 3.8) is 0 Å². The molecule has 1 N–H and O–H groups in total. The summed E-state index contributed by atoms with van der Waals surface area (Å²) in [7, 11) is 0. The third-order valence-corrected chi connectivity index (χ3v) is 7.07. The van der Waals surface area contributed by atoms with Crippen LogP contribution in [0, 0.1) is 0 Å². The first-order chi connectivity index (χ1) is 15.7. The average molecular weight is 444 g/mol. The highest BCUT2D eigenvalue weighted by Crippen LogP contribution is 2.25. The van der Waals surface area contributed by atoms with Gasteiger partial charge in [-0.1, -0.05) is 53.7 Å². The van der Waals surface area contributed by atoms with Crippen LogP contribution in [0.2, 0.25) is 0 Å². The summed E-state index contributed by atoms with van der Waals surface area (Å²) in [6.45, 7) is 0.589. The highest BCUT2D eigenvalue weighted by Gasteiger charge is 2.17. The highest BCUT2D eigenvalue weighted by molar-refractivity contribution is 7.99. The topological polar surface area (TPSA) is 67.8 Å². The number of hydrogen-bond donors (Lipinski definition) is 1. The molecule has 5 rings (SSSR count). The number of Topliss-reactive ketones (excluding diaryl/α,β-unsaturated/α-hetero) is 1. The van der Waals surface area contributed by atoms with Crippen LogP contribution < -0.4 is 5.56 Å². The van der Waals surface area contributed by atoms with Gasteiger partial charge in [-0.3, -0.25) is 14.2 Å². The van der Waals surface area contributed by atoms with Crippen molar-refractivity contribution in [2.45, 2.75) is 43.8 Å². The summed E-state index contributed by atoms with van der Waals surface area (Å²) in [5.41, 5.74) is 3.68. The standard InChI is InChI=1S/C26H25N3O2S/c30-24(21-16-27-22-12-6-4-10-19(21)22)17-32-26-28-23-13-7-5-11-20(23)25(31)29(26)15-14-18-8-2-1-3-9-18/h4-8,10-13,16,27H,1-3,9,14-15,17H2. The Balaban J connectivity index is 1.43. The van der Waals surface area contributed by atoms with Crippen LogP contribution in [0.1, 0.15) is 42.5 Å². The number of benzene rings is 2. The molecule has 6 heteroatoms. The van der Waals surface area contributed by atoms with Crippen molar-refractivity contribution in [1.29, 1.82) is 0 Å². The van der Waals surface area contributed by atoms with E-state index in [2.05, 4.69) is 11.1 Å². The fraction of sp³-hybridized carbons (Fsp3) is 0.269. The van der Waals surface area contributed by atoms with Gasteiger partial charge in [0.05, 0.1) is 16.7 Å². The van der Waals surface area contributed by atoms with E-state index in [0.717, 1.165) is 30.2 Å². The molecule has 0 bridgehead atoms. The van der Waals surface area contributed by atoms with Gasteiger partial charge in [0.1, 0.15) is 0 Å². The molecule has 0 fully saturated rings. The van der Waals surface area contributed by atoms with Crippen molar-refractivity contribution in [3.8, 4) is 0 Å². The minimum absolute atomic E-state index is 0.0244. The summed E-state index contributed by atoms with van der Waals surface area (Å²) < 4.78 is 1.75. The van der Waals surface area contributed by atoms with E-state index in [1.54, 1.807) is 10.8 Å². The molecule has 5 nitrogen and oxygen atoms in total. The number of carbonyl (C=O) groups is 1. The number of H-pyrrole nitrogens is 1. The number of thioether (sulfide) groups is 1. The van der Waals surface area contributed by atoms with Crippen molar-refractivity contribution in [2.24, 2.45) is 0 Å². The van der Waals surface area contributed by atoms with Gasteiger partial charge in [-0.25, -0.2) is 4.98 Å². The third kappa shape index (κ3) is 4.15. The predicted molar refractivity (Wildman–Crippen MR) is 131 cm³/mol. The van der Waals surface area contributed by atoms with Gasteiger partial charge in [0.2, 0.25) is 0 Å². The minimum atomic E-state index is -0.0333. The Morgan fingerprint density at radius 1 is 1.06 bits per heavy atom. The molecule has 2 heterocycles. The van der Waals surface area contributed by atoms with Crippen LogP contribution in [0.25, 0.3) is 21.8 Å². The van der Waals surface area contributed by atoms with Gasteiger partial charge >= 0.3 is 0 Å². The number of nitrogens with one attached hydrogen (secondary N) is 1. The number of para-hydroxylation sites is 2. The molecule has 0 unspecified atom stereocenters. The minimum Gasteiger partial charge on any atom is -0.360 e. The maximum Gasteiger partial charge on any atom is 0.262 e. The lowest BCUT2D eigenvalue weighted by Gasteiger charge is -2.16. The number of nitrogens with zero attached hydrogens (tertiary/aromatic N) is 2. The van der Waals surface area contributed by atoms with E-state index in [0.29, 0.717) is 28.2 Å². The highest BCUT2D eigenvalue weighted by atomic mass is 32.2. The second-order valence-corrected chi connectivity index (χ2v) is 9.13. The number of rotatable bonds is 7. The van der Waals surface area contributed by atoms with Crippen LogP contribution in [0.5, 0.6) is 0 Å². The molecule has 0 spiro atoms. The molecule has 0 saturated heterocycles. The number of aromatic nitrogens is 3. The van der Waals surface area contributed by atoms with E-state index in [1.165, 1.54) is 30.2 Å². The molecule has 2 aromatic carbocycles. The molecule has 0 atom stereocenters. The SMILES string of the molecule is O=C(CSc1nc2ccccc2c(=O)n1CCC1=CCCCC1)c1c[nH]c2ccccc12. The molecule has 162 valence electrons. The summed E-state index contributed by atoms with van der Waals surface area (Å²) in [5.74, 6) is 0.256. The van der Waals surface area contributed by atoms with Crippen molar-refractivity contribution in [3.05, 3.63) is 82.3 Å². The summed E-state index contributed by atoms with van der Waals surface area (Å²) in [6.07, 6.45) is 9.64. The summed E-state index contributed by atoms with van der Waals surface area (Å²) in [6, 6.07) is 15.2. The molecular weight excluding hydrogens is 418 g/mol. The fourth-order valence-electron chi connectivity index (χ4n) is 4.35. The van der Waals surface area contributed by atoms with E-state index in [-0.39, 0.29) is 17.1 Å². The summed E-state index contributed by atoms with van der Waals surface area (Å²) in [5, 5.41) is 2.15. The number of aromatic amines is 1. The Kier molecular flexibility index (Phi) is 5.95. The molecule has 4 aromatic rings. The normalized spacial score (nSPS) is 14.1. The molecule has 0 aliphatic heterocycles. The predicted octanol–water partition coefficient (Wildman–Crippen LogP) is 5.74.